The van der Waals surface area contributed by atoms with E-state index in [0.29, 0.717) is 0 Å². The van der Waals surface area contributed by atoms with Gasteiger partial charge in [-0.2, -0.15) is 0 Å². The van der Waals surface area contributed by atoms with Gasteiger partial charge in [-0.05, 0) is 49.7 Å². The summed E-state index contributed by atoms with van der Waals surface area (Å²) in [6, 6.07) is 10.0. The van der Waals surface area contributed by atoms with E-state index in [2.05, 4.69) is 13.0 Å². The van der Waals surface area contributed by atoms with Crippen molar-refractivity contribution in [2.24, 2.45) is 0 Å². The molecule has 0 spiro atoms. The van der Waals surface area contributed by atoms with Crippen molar-refractivity contribution in [3.63, 3.8) is 0 Å². The monoisotopic (exact) mass is 233 g/mol. The molecule has 0 aliphatic rings. The second-order valence-corrected chi connectivity index (χ2v) is 4.84. The van der Waals surface area contributed by atoms with Gasteiger partial charge < -0.3 is 10.2 Å². The number of rotatable bonds is 3. The van der Waals surface area contributed by atoms with Crippen molar-refractivity contribution in [3.05, 3.63) is 47.4 Å². The Balaban J connectivity index is 2.04. The Morgan fingerprint density at radius 3 is 2.62 bits per heavy atom. The molecule has 0 unspecified atom stereocenters. The molecule has 2 nitrogen and oxygen atoms in total. The summed E-state index contributed by atoms with van der Waals surface area (Å²) in [5, 5.41) is 0. The molecular weight excluding hydrogens is 218 g/mol. The van der Waals surface area contributed by atoms with Crippen molar-refractivity contribution in [2.75, 3.05) is 5.73 Å². The second-order valence-electron chi connectivity index (χ2n) is 3.83. The Morgan fingerprint density at radius 2 is 2.00 bits per heavy atom. The van der Waals surface area contributed by atoms with Gasteiger partial charge in [0.25, 0.3) is 0 Å². The van der Waals surface area contributed by atoms with Gasteiger partial charge in [0.2, 0.25) is 0 Å². The summed E-state index contributed by atoms with van der Waals surface area (Å²) >= 11 is 1.77. The van der Waals surface area contributed by atoms with Crippen LogP contribution in [0.3, 0.4) is 0 Å². The summed E-state index contributed by atoms with van der Waals surface area (Å²) in [4.78, 5) is 1.25. The molecule has 0 saturated heterocycles. The van der Waals surface area contributed by atoms with Crippen molar-refractivity contribution in [1.29, 1.82) is 0 Å². The predicted octanol–water partition coefficient (Wildman–Crippen LogP) is 3.77. The van der Waals surface area contributed by atoms with Crippen LogP contribution < -0.4 is 5.73 Å². The molecule has 0 fully saturated rings. The largest absolute Gasteiger partial charge is 0.465 e. The van der Waals surface area contributed by atoms with Crippen LogP contribution in [0.25, 0.3) is 0 Å². The quantitative estimate of drug-likeness (QED) is 0.648. The molecule has 0 aliphatic heterocycles. The number of thioether (sulfide) groups is 1. The molecule has 3 heteroatoms. The average Bonchev–Trinajstić information content (AvgIpc) is 2.63. The minimum Gasteiger partial charge on any atom is -0.465 e. The fourth-order valence-corrected chi connectivity index (χ4v) is 2.45. The summed E-state index contributed by atoms with van der Waals surface area (Å²) in [7, 11) is 0. The zero-order valence-electron chi connectivity index (χ0n) is 9.49. The standard InChI is InChI=1S/C13H15NOS/c1-9-7-11(14)4-6-13(9)16-8-12-5-3-10(2)15-12/h3-7H,8,14H2,1-2H3. The Morgan fingerprint density at radius 1 is 1.19 bits per heavy atom. The van der Waals surface area contributed by atoms with Gasteiger partial charge >= 0.3 is 0 Å². The fourth-order valence-electron chi connectivity index (χ4n) is 1.55. The maximum Gasteiger partial charge on any atom is 0.114 e. The number of furan rings is 1. The fraction of sp³-hybridized carbons (Fsp3) is 0.231. The van der Waals surface area contributed by atoms with Crippen LogP contribution in [-0.2, 0) is 5.75 Å². The van der Waals surface area contributed by atoms with E-state index in [-0.39, 0.29) is 0 Å². The molecule has 0 radical (unpaired) electrons. The lowest BCUT2D eigenvalue weighted by molar-refractivity contribution is 0.501. The van der Waals surface area contributed by atoms with Gasteiger partial charge in [0.15, 0.2) is 0 Å². The van der Waals surface area contributed by atoms with Crippen LogP contribution in [0, 0.1) is 13.8 Å². The van der Waals surface area contributed by atoms with E-state index < -0.39 is 0 Å². The van der Waals surface area contributed by atoms with Gasteiger partial charge in [-0.3, -0.25) is 0 Å². The molecule has 16 heavy (non-hydrogen) atoms. The lowest BCUT2D eigenvalue weighted by Crippen LogP contribution is -1.87. The first-order valence-corrected chi connectivity index (χ1v) is 6.18. The Kier molecular flexibility index (Phi) is 3.25. The number of nitrogen functional groups attached to an aromatic ring is 1. The van der Waals surface area contributed by atoms with E-state index in [9.17, 15) is 0 Å². The molecule has 2 N–H and O–H groups in total. The minimum atomic E-state index is 0.815. The van der Waals surface area contributed by atoms with Crippen molar-refractivity contribution in [3.8, 4) is 0 Å². The molecule has 0 amide bonds. The van der Waals surface area contributed by atoms with E-state index in [4.69, 9.17) is 10.2 Å². The zero-order valence-corrected chi connectivity index (χ0v) is 10.3. The van der Waals surface area contributed by atoms with E-state index >= 15 is 0 Å². The van der Waals surface area contributed by atoms with E-state index in [1.54, 1.807) is 11.8 Å². The van der Waals surface area contributed by atoms with Crippen LogP contribution in [0.2, 0.25) is 0 Å². The molecule has 0 saturated carbocycles. The van der Waals surface area contributed by atoms with Gasteiger partial charge in [0.05, 0.1) is 5.75 Å². The minimum absolute atomic E-state index is 0.815. The lowest BCUT2D eigenvalue weighted by atomic mass is 10.2. The highest BCUT2D eigenvalue weighted by Gasteiger charge is 2.03. The Hall–Kier alpha value is -1.35. The van der Waals surface area contributed by atoms with E-state index in [1.807, 2.05) is 31.2 Å². The molecule has 1 aromatic heterocycles. The highest BCUT2D eigenvalue weighted by molar-refractivity contribution is 7.98. The number of nitrogens with two attached hydrogens (primary N) is 1. The van der Waals surface area contributed by atoms with Crippen LogP contribution in [0.15, 0.2) is 39.6 Å². The van der Waals surface area contributed by atoms with E-state index in [1.165, 1.54) is 10.5 Å². The maximum absolute atomic E-state index is 5.71. The number of benzene rings is 1. The van der Waals surface area contributed by atoms with Crippen molar-refractivity contribution >= 4 is 17.4 Å². The molecule has 2 rings (SSSR count). The summed E-state index contributed by atoms with van der Waals surface area (Å²) in [6.45, 7) is 4.04. The smallest absolute Gasteiger partial charge is 0.114 e. The maximum atomic E-state index is 5.71. The Bertz CT molecular complexity index is 490. The van der Waals surface area contributed by atoms with Gasteiger partial charge in [-0.15, -0.1) is 11.8 Å². The number of hydrogen-bond acceptors (Lipinski definition) is 3. The highest BCUT2D eigenvalue weighted by Crippen LogP contribution is 2.27. The van der Waals surface area contributed by atoms with Crippen LogP contribution in [-0.4, -0.2) is 0 Å². The normalized spacial score (nSPS) is 10.6. The van der Waals surface area contributed by atoms with Gasteiger partial charge in [0, 0.05) is 10.6 Å². The number of aryl methyl sites for hydroxylation is 2. The Labute approximate surface area is 99.8 Å². The molecule has 1 aromatic carbocycles. The molecule has 1 heterocycles. The van der Waals surface area contributed by atoms with E-state index in [0.717, 1.165) is 23.0 Å². The molecule has 0 aliphatic carbocycles. The molecule has 0 atom stereocenters. The third-order valence-corrected chi connectivity index (χ3v) is 3.56. The molecule has 84 valence electrons. The first kappa shape index (κ1) is 11.1. The topological polar surface area (TPSA) is 39.2 Å². The van der Waals surface area contributed by atoms with Gasteiger partial charge in [-0.25, -0.2) is 0 Å². The zero-order chi connectivity index (χ0) is 11.5. The average molecular weight is 233 g/mol. The summed E-state index contributed by atoms with van der Waals surface area (Å²) in [6.07, 6.45) is 0. The van der Waals surface area contributed by atoms with Gasteiger partial charge in [0.1, 0.15) is 11.5 Å². The van der Waals surface area contributed by atoms with Crippen LogP contribution >= 0.6 is 11.8 Å². The SMILES string of the molecule is Cc1ccc(CSc2ccc(N)cc2C)o1. The molecule has 2 aromatic rings. The van der Waals surface area contributed by atoms with Gasteiger partial charge in [-0.1, -0.05) is 0 Å². The second kappa shape index (κ2) is 4.66. The van der Waals surface area contributed by atoms with Crippen molar-refractivity contribution < 1.29 is 4.42 Å². The summed E-state index contributed by atoms with van der Waals surface area (Å²) < 4.78 is 5.52. The third kappa shape index (κ3) is 2.61. The lowest BCUT2D eigenvalue weighted by Gasteiger charge is -2.05. The number of hydrogen-bond donors (Lipinski definition) is 1. The first-order valence-electron chi connectivity index (χ1n) is 5.19. The van der Waals surface area contributed by atoms with Crippen LogP contribution in [0.5, 0.6) is 0 Å². The van der Waals surface area contributed by atoms with Crippen molar-refractivity contribution in [1.82, 2.24) is 0 Å². The molecule has 0 bridgehead atoms. The summed E-state index contributed by atoms with van der Waals surface area (Å²) in [5.41, 5.74) is 7.74. The van der Waals surface area contributed by atoms with Crippen LogP contribution in [0.4, 0.5) is 5.69 Å². The molecular formula is C13H15NOS. The first-order chi connectivity index (χ1) is 7.65. The third-order valence-electron chi connectivity index (χ3n) is 2.36. The highest BCUT2D eigenvalue weighted by atomic mass is 32.2. The van der Waals surface area contributed by atoms with Crippen molar-refractivity contribution in [2.45, 2.75) is 24.5 Å². The number of anilines is 1. The predicted molar refractivity (Wildman–Crippen MR) is 68.6 cm³/mol. The summed E-state index contributed by atoms with van der Waals surface area (Å²) in [5.74, 6) is 2.84. The van der Waals surface area contributed by atoms with Crippen LogP contribution in [0.1, 0.15) is 17.1 Å².